The van der Waals surface area contributed by atoms with Crippen LogP contribution in [0.2, 0.25) is 5.15 Å². The Kier molecular flexibility index (Phi) is 5.05. The maximum absolute atomic E-state index is 6.02. The number of halogens is 1. The number of methoxy groups -OCH3 is 1. The van der Waals surface area contributed by atoms with E-state index in [-0.39, 0.29) is 5.60 Å². The molecule has 0 radical (unpaired) electrons. The van der Waals surface area contributed by atoms with Gasteiger partial charge in [0.1, 0.15) is 6.33 Å². The lowest BCUT2D eigenvalue weighted by Crippen LogP contribution is -2.43. The van der Waals surface area contributed by atoms with Crippen LogP contribution in [0.5, 0.6) is 5.75 Å². The first-order valence-electron chi connectivity index (χ1n) is 7.09. The van der Waals surface area contributed by atoms with Gasteiger partial charge in [0.25, 0.3) is 0 Å². The summed E-state index contributed by atoms with van der Waals surface area (Å²) in [5.74, 6) is 1.15. The predicted molar refractivity (Wildman–Crippen MR) is 79.5 cm³/mol. The van der Waals surface area contributed by atoms with Crippen molar-refractivity contribution in [2.45, 2.75) is 51.2 Å². The molecule has 0 spiro atoms. The predicted octanol–water partition coefficient (Wildman–Crippen LogP) is 3.29. The van der Waals surface area contributed by atoms with Crippen LogP contribution >= 0.6 is 11.6 Å². The van der Waals surface area contributed by atoms with E-state index in [9.17, 15) is 0 Å². The lowest BCUT2D eigenvalue weighted by Gasteiger charge is -2.40. The number of anilines is 1. The first-order chi connectivity index (χ1) is 9.64. The lowest BCUT2D eigenvalue weighted by atomic mass is 9.86. The van der Waals surface area contributed by atoms with Crippen LogP contribution in [-0.4, -0.2) is 35.3 Å². The molecule has 1 aromatic heterocycles. The van der Waals surface area contributed by atoms with Crippen molar-refractivity contribution in [3.63, 3.8) is 0 Å². The Hall–Kier alpha value is -1.07. The lowest BCUT2D eigenvalue weighted by molar-refractivity contribution is -0.0864. The van der Waals surface area contributed by atoms with Crippen LogP contribution in [0.3, 0.4) is 0 Å². The SMILES string of the molecule is CCC1(CC)CC(Nc2ncnc(Cl)c2OC)CCO1. The first-order valence-corrected chi connectivity index (χ1v) is 7.47. The second-order valence-corrected chi connectivity index (χ2v) is 5.48. The minimum absolute atomic E-state index is 0.0278. The highest BCUT2D eigenvalue weighted by atomic mass is 35.5. The van der Waals surface area contributed by atoms with E-state index in [2.05, 4.69) is 29.1 Å². The van der Waals surface area contributed by atoms with E-state index in [4.69, 9.17) is 21.1 Å². The molecule has 1 fully saturated rings. The molecule has 6 heteroatoms. The molecule has 1 aromatic rings. The Morgan fingerprint density at radius 1 is 1.45 bits per heavy atom. The smallest absolute Gasteiger partial charge is 0.198 e. The summed E-state index contributed by atoms with van der Waals surface area (Å²) in [6.45, 7) is 5.11. The monoisotopic (exact) mass is 299 g/mol. The molecule has 20 heavy (non-hydrogen) atoms. The van der Waals surface area contributed by atoms with E-state index in [1.165, 1.54) is 6.33 Å². The van der Waals surface area contributed by atoms with Crippen molar-refractivity contribution in [3.8, 4) is 5.75 Å². The van der Waals surface area contributed by atoms with Gasteiger partial charge in [-0.15, -0.1) is 0 Å². The minimum Gasteiger partial charge on any atom is -0.490 e. The molecule has 1 atom stereocenters. The summed E-state index contributed by atoms with van der Waals surface area (Å²) in [4.78, 5) is 8.16. The van der Waals surface area contributed by atoms with E-state index in [1.807, 2.05) is 0 Å². The van der Waals surface area contributed by atoms with Crippen molar-refractivity contribution in [3.05, 3.63) is 11.5 Å². The minimum atomic E-state index is -0.0278. The molecule has 1 aliphatic rings. The number of aromatic nitrogens is 2. The normalized spacial score (nSPS) is 21.5. The van der Waals surface area contributed by atoms with E-state index >= 15 is 0 Å². The topological polar surface area (TPSA) is 56.3 Å². The highest BCUT2D eigenvalue weighted by Gasteiger charge is 2.34. The van der Waals surface area contributed by atoms with Crippen LogP contribution in [0.4, 0.5) is 5.82 Å². The summed E-state index contributed by atoms with van der Waals surface area (Å²) in [6.07, 6.45) is 5.39. The molecule has 0 saturated carbocycles. The fraction of sp³-hybridized carbons (Fsp3) is 0.714. The van der Waals surface area contributed by atoms with Gasteiger partial charge in [0.2, 0.25) is 0 Å². The zero-order valence-electron chi connectivity index (χ0n) is 12.3. The number of hydrogen-bond donors (Lipinski definition) is 1. The summed E-state index contributed by atoms with van der Waals surface area (Å²) < 4.78 is 11.3. The van der Waals surface area contributed by atoms with Gasteiger partial charge in [-0.1, -0.05) is 25.4 Å². The van der Waals surface area contributed by atoms with Gasteiger partial charge in [0, 0.05) is 12.6 Å². The van der Waals surface area contributed by atoms with Crippen LogP contribution in [-0.2, 0) is 4.74 Å². The molecule has 5 nitrogen and oxygen atoms in total. The van der Waals surface area contributed by atoms with Crippen molar-refractivity contribution in [1.82, 2.24) is 9.97 Å². The Morgan fingerprint density at radius 2 is 2.20 bits per heavy atom. The molecule has 0 aromatic carbocycles. The van der Waals surface area contributed by atoms with Crippen LogP contribution in [0.15, 0.2) is 6.33 Å². The van der Waals surface area contributed by atoms with Crippen LogP contribution in [0.1, 0.15) is 39.5 Å². The average Bonchev–Trinajstić information content (AvgIpc) is 2.48. The zero-order chi connectivity index (χ0) is 14.6. The number of rotatable bonds is 5. The Bertz CT molecular complexity index is 452. The maximum atomic E-state index is 6.02. The summed E-state index contributed by atoms with van der Waals surface area (Å²) in [6, 6.07) is 0.309. The summed E-state index contributed by atoms with van der Waals surface area (Å²) in [5.41, 5.74) is -0.0278. The summed E-state index contributed by atoms with van der Waals surface area (Å²) in [5, 5.41) is 3.75. The van der Waals surface area contributed by atoms with E-state index < -0.39 is 0 Å². The second-order valence-electron chi connectivity index (χ2n) is 5.12. The highest BCUT2D eigenvalue weighted by molar-refractivity contribution is 6.31. The van der Waals surface area contributed by atoms with Crippen LogP contribution < -0.4 is 10.1 Å². The molecule has 0 aliphatic carbocycles. The third-order valence-corrected chi connectivity index (χ3v) is 4.36. The van der Waals surface area contributed by atoms with Crippen LogP contribution in [0, 0.1) is 0 Å². The quantitative estimate of drug-likeness (QED) is 0.846. The van der Waals surface area contributed by atoms with E-state index in [0.717, 1.165) is 32.3 Å². The van der Waals surface area contributed by atoms with Crippen molar-refractivity contribution < 1.29 is 9.47 Å². The van der Waals surface area contributed by atoms with Gasteiger partial charge in [0.05, 0.1) is 12.7 Å². The van der Waals surface area contributed by atoms with Crippen molar-refractivity contribution in [2.75, 3.05) is 19.0 Å². The van der Waals surface area contributed by atoms with Crippen molar-refractivity contribution >= 4 is 17.4 Å². The zero-order valence-corrected chi connectivity index (χ0v) is 13.0. The highest BCUT2D eigenvalue weighted by Crippen LogP contribution is 2.35. The number of nitrogens with one attached hydrogen (secondary N) is 1. The molecule has 112 valence electrons. The van der Waals surface area contributed by atoms with Gasteiger partial charge in [-0.25, -0.2) is 9.97 Å². The molecule has 0 bridgehead atoms. The Labute approximate surface area is 125 Å². The molecule has 0 amide bonds. The molecule has 1 N–H and O–H groups in total. The second kappa shape index (κ2) is 6.59. The van der Waals surface area contributed by atoms with Gasteiger partial charge in [0.15, 0.2) is 16.7 Å². The van der Waals surface area contributed by atoms with Gasteiger partial charge < -0.3 is 14.8 Å². The molecule has 2 heterocycles. The third kappa shape index (κ3) is 3.15. The van der Waals surface area contributed by atoms with Crippen molar-refractivity contribution in [2.24, 2.45) is 0 Å². The largest absolute Gasteiger partial charge is 0.490 e. The molecule has 1 saturated heterocycles. The Balaban J connectivity index is 2.12. The molecular weight excluding hydrogens is 278 g/mol. The van der Waals surface area contributed by atoms with Crippen molar-refractivity contribution in [1.29, 1.82) is 0 Å². The van der Waals surface area contributed by atoms with Gasteiger partial charge >= 0.3 is 0 Å². The van der Waals surface area contributed by atoms with Gasteiger partial charge in [-0.2, -0.15) is 0 Å². The fourth-order valence-corrected chi connectivity index (χ4v) is 2.93. The molecular formula is C14H22ClN3O2. The van der Waals surface area contributed by atoms with Crippen LogP contribution in [0.25, 0.3) is 0 Å². The summed E-state index contributed by atoms with van der Waals surface area (Å²) in [7, 11) is 1.57. The number of nitrogens with zero attached hydrogens (tertiary/aromatic N) is 2. The van der Waals surface area contributed by atoms with Gasteiger partial charge in [-0.05, 0) is 25.7 Å². The number of ether oxygens (including phenoxy) is 2. The van der Waals surface area contributed by atoms with E-state index in [0.29, 0.717) is 22.8 Å². The fourth-order valence-electron chi connectivity index (χ4n) is 2.72. The number of hydrogen-bond acceptors (Lipinski definition) is 5. The standard InChI is InChI=1S/C14H22ClN3O2/c1-4-14(5-2)8-10(6-7-20-14)18-13-11(19-3)12(15)16-9-17-13/h9-10H,4-8H2,1-3H3,(H,16,17,18). The molecule has 2 rings (SSSR count). The third-order valence-electron chi connectivity index (χ3n) is 4.09. The van der Waals surface area contributed by atoms with E-state index in [1.54, 1.807) is 7.11 Å². The molecule has 1 aliphatic heterocycles. The average molecular weight is 300 g/mol. The summed E-state index contributed by atoms with van der Waals surface area (Å²) >= 11 is 6.02. The first kappa shape index (κ1) is 15.3. The Morgan fingerprint density at radius 3 is 2.85 bits per heavy atom. The maximum Gasteiger partial charge on any atom is 0.198 e. The van der Waals surface area contributed by atoms with Gasteiger partial charge in [-0.3, -0.25) is 0 Å². The molecule has 1 unspecified atom stereocenters.